The van der Waals surface area contributed by atoms with E-state index in [4.69, 9.17) is 4.74 Å². The van der Waals surface area contributed by atoms with Crippen LogP contribution in [0.1, 0.15) is 0 Å². The van der Waals surface area contributed by atoms with E-state index < -0.39 is 0 Å². The smallest absolute Gasteiger partial charge is 0.326 e. The highest BCUT2D eigenvalue weighted by atomic mass is 127. The minimum Gasteiger partial charge on any atom is -0.468 e. The number of rotatable bonds is 2. The maximum atomic E-state index is 11.2. The summed E-state index contributed by atoms with van der Waals surface area (Å²) in [5, 5.41) is 0. The molecule has 0 aliphatic carbocycles. The Morgan fingerprint density at radius 2 is 2.58 bits per heavy atom. The van der Waals surface area contributed by atoms with Crippen molar-refractivity contribution >= 4 is 36.3 Å². The number of hydrogen-bond donors (Lipinski definition) is 0. The molecule has 1 fully saturated rings. The molecule has 1 atom stereocenters. The van der Waals surface area contributed by atoms with Gasteiger partial charge in [-0.05, 0) is 9.12 Å². The first-order chi connectivity index (χ1) is 5.79. The molecule has 70 valence electrons. The Kier molecular flexibility index (Phi) is 4.62. The molecular weight excluding hydrogens is 293 g/mol. The zero-order valence-electron chi connectivity index (χ0n) is 6.66. The van der Waals surface area contributed by atoms with Gasteiger partial charge in [-0.15, -0.1) is 0 Å². The standard InChI is InChI=1S/C6H10INO3S/c1-10-6(9)5-4-11-3-2-8(5)12-7/h5H,2-4H2,1H3. The molecule has 1 saturated heterocycles. The summed E-state index contributed by atoms with van der Waals surface area (Å²) < 4.78 is 11.8. The van der Waals surface area contributed by atoms with Crippen LogP contribution >= 0.6 is 30.3 Å². The van der Waals surface area contributed by atoms with Crippen molar-refractivity contribution in [3.05, 3.63) is 0 Å². The lowest BCUT2D eigenvalue weighted by atomic mass is 10.3. The molecule has 0 saturated carbocycles. The van der Waals surface area contributed by atoms with E-state index in [1.165, 1.54) is 16.2 Å². The highest BCUT2D eigenvalue weighted by molar-refractivity contribution is 14.2. The van der Waals surface area contributed by atoms with E-state index in [9.17, 15) is 4.79 Å². The number of esters is 1. The molecule has 1 aliphatic heterocycles. The van der Waals surface area contributed by atoms with Crippen molar-refractivity contribution in [3.63, 3.8) is 0 Å². The van der Waals surface area contributed by atoms with Gasteiger partial charge in [-0.25, -0.2) is 4.31 Å². The monoisotopic (exact) mass is 303 g/mol. The van der Waals surface area contributed by atoms with Crippen molar-refractivity contribution in [2.45, 2.75) is 6.04 Å². The quantitative estimate of drug-likeness (QED) is 0.430. The van der Waals surface area contributed by atoms with E-state index in [0.717, 1.165) is 6.54 Å². The zero-order chi connectivity index (χ0) is 8.97. The van der Waals surface area contributed by atoms with Gasteiger partial charge in [-0.1, -0.05) is 0 Å². The minimum absolute atomic E-state index is 0.223. The van der Waals surface area contributed by atoms with E-state index >= 15 is 0 Å². The molecule has 1 heterocycles. The molecule has 4 nitrogen and oxygen atoms in total. The predicted molar refractivity (Wildman–Crippen MR) is 54.9 cm³/mol. The normalized spacial score (nSPS) is 25.3. The number of hydrogen-bond acceptors (Lipinski definition) is 5. The van der Waals surface area contributed by atoms with Crippen molar-refractivity contribution in [2.24, 2.45) is 0 Å². The molecule has 0 N–H and O–H groups in total. The number of nitrogens with zero attached hydrogens (tertiary/aromatic N) is 1. The number of methoxy groups -OCH3 is 1. The van der Waals surface area contributed by atoms with Crippen molar-refractivity contribution in [2.75, 3.05) is 26.9 Å². The Labute approximate surface area is 87.7 Å². The van der Waals surface area contributed by atoms with Gasteiger partial charge in [0.25, 0.3) is 0 Å². The molecular formula is C6H10INO3S. The Balaban J connectivity index is 2.52. The number of halogens is 1. The van der Waals surface area contributed by atoms with Gasteiger partial charge in [0.2, 0.25) is 0 Å². The third-order valence-electron chi connectivity index (χ3n) is 1.64. The van der Waals surface area contributed by atoms with Gasteiger partial charge in [-0.3, -0.25) is 4.79 Å². The lowest BCUT2D eigenvalue weighted by molar-refractivity contribution is -0.149. The zero-order valence-corrected chi connectivity index (χ0v) is 9.63. The topological polar surface area (TPSA) is 38.8 Å². The lowest BCUT2D eigenvalue weighted by Crippen LogP contribution is -2.46. The van der Waals surface area contributed by atoms with Crippen LogP contribution in [0.5, 0.6) is 0 Å². The first-order valence-corrected chi connectivity index (χ1v) is 6.82. The fraction of sp³-hybridized carbons (Fsp3) is 0.833. The van der Waals surface area contributed by atoms with Crippen LogP contribution in [0.4, 0.5) is 0 Å². The van der Waals surface area contributed by atoms with Crippen LogP contribution in [0.25, 0.3) is 0 Å². The van der Waals surface area contributed by atoms with Crippen molar-refractivity contribution in [1.82, 2.24) is 4.31 Å². The van der Waals surface area contributed by atoms with E-state index in [0.29, 0.717) is 13.2 Å². The van der Waals surface area contributed by atoms with E-state index in [1.807, 2.05) is 4.31 Å². The molecule has 1 rings (SSSR count). The van der Waals surface area contributed by atoms with Crippen molar-refractivity contribution in [1.29, 1.82) is 0 Å². The highest BCUT2D eigenvalue weighted by Gasteiger charge is 2.30. The van der Waals surface area contributed by atoms with Crippen LogP contribution in [0.2, 0.25) is 0 Å². The van der Waals surface area contributed by atoms with Crippen molar-refractivity contribution in [3.8, 4) is 0 Å². The molecule has 0 amide bonds. The number of morpholine rings is 1. The van der Waals surface area contributed by atoms with E-state index in [1.54, 1.807) is 0 Å². The summed E-state index contributed by atoms with van der Waals surface area (Å²) in [7, 11) is 2.92. The summed E-state index contributed by atoms with van der Waals surface area (Å²) in [5.41, 5.74) is 0. The molecule has 0 aromatic heterocycles. The Hall–Kier alpha value is 0.470. The fourth-order valence-corrected chi connectivity index (χ4v) is 2.79. The number of carbonyl (C=O) groups is 1. The molecule has 0 aromatic rings. The molecule has 0 aromatic carbocycles. The van der Waals surface area contributed by atoms with E-state index in [-0.39, 0.29) is 12.0 Å². The van der Waals surface area contributed by atoms with Gasteiger partial charge in [0.05, 0.1) is 20.3 Å². The Morgan fingerprint density at radius 1 is 1.83 bits per heavy atom. The van der Waals surface area contributed by atoms with Gasteiger partial charge in [-0.2, -0.15) is 0 Å². The first kappa shape index (κ1) is 10.6. The van der Waals surface area contributed by atoms with Gasteiger partial charge < -0.3 is 9.47 Å². The maximum Gasteiger partial charge on any atom is 0.326 e. The lowest BCUT2D eigenvalue weighted by Gasteiger charge is -2.30. The third-order valence-corrected chi connectivity index (χ3v) is 3.77. The number of carbonyl (C=O) groups excluding carboxylic acids is 1. The van der Waals surface area contributed by atoms with Crippen LogP contribution in [0, 0.1) is 0 Å². The fourth-order valence-electron chi connectivity index (χ4n) is 0.993. The second-order valence-corrected chi connectivity index (χ2v) is 4.11. The Bertz CT molecular complexity index is 169. The minimum atomic E-state index is -0.245. The summed E-state index contributed by atoms with van der Waals surface area (Å²) in [4.78, 5) is 11.2. The number of ether oxygens (including phenoxy) is 2. The van der Waals surface area contributed by atoms with Gasteiger partial charge >= 0.3 is 5.97 Å². The SMILES string of the molecule is COC(=O)C1COCCN1SI. The second kappa shape index (κ2) is 5.25. The summed E-state index contributed by atoms with van der Waals surface area (Å²) in [6.07, 6.45) is 0. The average Bonchev–Trinajstić information content (AvgIpc) is 2.16. The highest BCUT2D eigenvalue weighted by Crippen LogP contribution is 2.24. The first-order valence-electron chi connectivity index (χ1n) is 3.50. The molecule has 6 heteroatoms. The van der Waals surface area contributed by atoms with Crippen molar-refractivity contribution < 1.29 is 14.3 Å². The summed E-state index contributed by atoms with van der Waals surface area (Å²) >= 11 is 2.15. The second-order valence-electron chi connectivity index (χ2n) is 2.32. The molecule has 0 radical (unpaired) electrons. The average molecular weight is 303 g/mol. The molecule has 1 aliphatic rings. The van der Waals surface area contributed by atoms with Crippen LogP contribution < -0.4 is 0 Å². The summed E-state index contributed by atoms with van der Waals surface area (Å²) in [6.45, 7) is 1.89. The van der Waals surface area contributed by atoms with Crippen LogP contribution in [0.3, 0.4) is 0 Å². The summed E-state index contributed by atoms with van der Waals surface area (Å²) in [5.74, 6) is -0.223. The third kappa shape index (κ3) is 2.48. The Morgan fingerprint density at radius 3 is 3.17 bits per heavy atom. The van der Waals surface area contributed by atoms with Gasteiger partial charge in [0.1, 0.15) is 6.04 Å². The van der Waals surface area contributed by atoms with Crippen LogP contribution in [-0.4, -0.2) is 43.2 Å². The largest absolute Gasteiger partial charge is 0.468 e. The van der Waals surface area contributed by atoms with E-state index in [2.05, 4.69) is 25.9 Å². The molecule has 1 unspecified atom stereocenters. The predicted octanol–water partition coefficient (Wildman–Crippen LogP) is 0.858. The molecule has 12 heavy (non-hydrogen) atoms. The van der Waals surface area contributed by atoms with Crippen LogP contribution in [0.15, 0.2) is 0 Å². The summed E-state index contributed by atoms with van der Waals surface area (Å²) in [6, 6.07) is -0.245. The molecule has 0 bridgehead atoms. The maximum absolute atomic E-state index is 11.2. The van der Waals surface area contributed by atoms with Crippen LogP contribution in [-0.2, 0) is 14.3 Å². The molecule has 0 spiro atoms. The van der Waals surface area contributed by atoms with Gasteiger partial charge in [0.15, 0.2) is 0 Å². The van der Waals surface area contributed by atoms with Gasteiger partial charge in [0, 0.05) is 27.8 Å².